The summed E-state index contributed by atoms with van der Waals surface area (Å²) in [6.07, 6.45) is 3.80. The van der Waals surface area contributed by atoms with Crippen LogP contribution >= 0.6 is 11.8 Å². The number of nitrogens with one attached hydrogen (secondary N) is 3. The predicted octanol–water partition coefficient (Wildman–Crippen LogP) is -2.75. The molecule has 43 heavy (non-hydrogen) atoms. The van der Waals surface area contributed by atoms with E-state index in [-0.39, 0.29) is 62.9 Å². The number of amides is 2. The predicted molar refractivity (Wildman–Crippen MR) is 167 cm³/mol. The zero-order valence-electron chi connectivity index (χ0n) is 26.0. The number of thioether (sulfide) groups is 1. The highest BCUT2D eigenvalue weighted by Crippen LogP contribution is 2.36. The van der Waals surface area contributed by atoms with Gasteiger partial charge in [0.15, 0.2) is 18.1 Å². The standard InChI is InChI=1S/C31H43N5O4S.2BrH/c1-35(2,3)18-9-13-26(37)34-25-15-14-24(28-29(25)31(40)23-12-8-7-11-22(23)30(28)39)32-16-10-19-36(4,5)21-27(38)33-17-20-41-6;;/h7-8,11-12,14-15H,9-10,13,16-21H2,1-6H3,(H-2,32,33,34,37,38,39,40);2*1H. The molecule has 1 aliphatic carbocycles. The maximum atomic E-state index is 13.7. The van der Waals surface area contributed by atoms with Crippen molar-refractivity contribution in [3.05, 3.63) is 58.7 Å². The lowest BCUT2D eigenvalue weighted by atomic mass is 9.82. The van der Waals surface area contributed by atoms with Crippen LogP contribution in [0.25, 0.3) is 0 Å². The minimum absolute atomic E-state index is 0. The van der Waals surface area contributed by atoms with E-state index in [1.807, 2.05) is 20.4 Å². The molecule has 0 bridgehead atoms. The van der Waals surface area contributed by atoms with Gasteiger partial charge in [0.25, 0.3) is 5.91 Å². The minimum Gasteiger partial charge on any atom is -1.00 e. The zero-order valence-corrected chi connectivity index (χ0v) is 30.0. The van der Waals surface area contributed by atoms with Gasteiger partial charge in [-0.05, 0) is 18.4 Å². The molecule has 3 rings (SSSR count). The zero-order chi connectivity index (χ0) is 30.2. The maximum Gasteiger partial charge on any atom is 0.275 e. The fourth-order valence-corrected chi connectivity index (χ4v) is 5.25. The molecule has 0 aromatic heterocycles. The van der Waals surface area contributed by atoms with E-state index >= 15 is 0 Å². The summed E-state index contributed by atoms with van der Waals surface area (Å²) in [6.45, 7) is 3.20. The van der Waals surface area contributed by atoms with Crippen LogP contribution in [0.15, 0.2) is 36.4 Å². The number of benzene rings is 2. The number of halogens is 2. The first kappa shape index (κ1) is 38.8. The molecule has 2 aromatic rings. The Labute approximate surface area is 281 Å². The van der Waals surface area contributed by atoms with Gasteiger partial charge >= 0.3 is 0 Å². The molecule has 0 radical (unpaired) electrons. The lowest BCUT2D eigenvalue weighted by Crippen LogP contribution is -3.00. The smallest absolute Gasteiger partial charge is 0.275 e. The van der Waals surface area contributed by atoms with Crippen molar-refractivity contribution in [1.29, 1.82) is 0 Å². The molecule has 3 N–H and O–H groups in total. The van der Waals surface area contributed by atoms with Gasteiger partial charge in [-0.25, -0.2) is 0 Å². The van der Waals surface area contributed by atoms with Crippen LogP contribution in [0.5, 0.6) is 0 Å². The van der Waals surface area contributed by atoms with Crippen LogP contribution in [0.3, 0.4) is 0 Å². The quantitative estimate of drug-likeness (QED) is 0.115. The molecular weight excluding hydrogens is 698 g/mol. The molecule has 0 aliphatic heterocycles. The summed E-state index contributed by atoms with van der Waals surface area (Å²) >= 11 is 1.70. The van der Waals surface area contributed by atoms with Crippen molar-refractivity contribution in [1.82, 2.24) is 5.32 Å². The fraction of sp³-hybridized carbons (Fsp3) is 0.484. The van der Waals surface area contributed by atoms with Gasteiger partial charge in [0, 0.05) is 54.9 Å². The van der Waals surface area contributed by atoms with Crippen LogP contribution < -0.4 is 49.9 Å². The Morgan fingerprint density at radius 3 is 1.93 bits per heavy atom. The largest absolute Gasteiger partial charge is 1.00 e. The van der Waals surface area contributed by atoms with Crippen molar-refractivity contribution in [2.45, 2.75) is 19.3 Å². The summed E-state index contributed by atoms with van der Waals surface area (Å²) in [4.78, 5) is 52.4. The number of fused-ring (bicyclic) bond motifs is 2. The Bertz CT molecular complexity index is 1300. The number of nitrogens with zero attached hydrogens (tertiary/aromatic N) is 2. The van der Waals surface area contributed by atoms with Crippen molar-refractivity contribution in [2.24, 2.45) is 0 Å². The number of quaternary nitrogens is 2. The number of anilines is 2. The highest BCUT2D eigenvalue weighted by atomic mass is 79.9. The van der Waals surface area contributed by atoms with Gasteiger partial charge in [-0.1, -0.05) is 24.3 Å². The average molecular weight is 744 g/mol. The van der Waals surface area contributed by atoms with E-state index in [2.05, 4.69) is 37.1 Å². The molecular formula is C31H45Br2N5O4S. The first-order chi connectivity index (χ1) is 19.3. The summed E-state index contributed by atoms with van der Waals surface area (Å²) < 4.78 is 1.29. The molecule has 0 spiro atoms. The third-order valence-electron chi connectivity index (χ3n) is 7.04. The average Bonchev–Trinajstić information content (AvgIpc) is 2.89. The number of likely N-dealkylation sites (N-methyl/N-ethyl adjacent to an activating group) is 1. The number of hydrogen-bond donors (Lipinski definition) is 3. The van der Waals surface area contributed by atoms with E-state index in [4.69, 9.17) is 0 Å². The second-order valence-electron chi connectivity index (χ2n) is 12.2. The first-order valence-electron chi connectivity index (χ1n) is 14.1. The van der Waals surface area contributed by atoms with E-state index in [1.165, 1.54) is 0 Å². The summed E-state index contributed by atoms with van der Waals surface area (Å²) in [5.41, 5.74) is 2.16. The Morgan fingerprint density at radius 2 is 1.35 bits per heavy atom. The van der Waals surface area contributed by atoms with Crippen LogP contribution in [-0.2, 0) is 9.59 Å². The second-order valence-corrected chi connectivity index (χ2v) is 13.2. The molecule has 2 aromatic carbocycles. The Kier molecular flexibility index (Phi) is 15.6. The maximum absolute atomic E-state index is 13.7. The molecule has 9 nitrogen and oxygen atoms in total. The van der Waals surface area contributed by atoms with Gasteiger partial charge in [-0.2, -0.15) is 11.8 Å². The minimum atomic E-state index is -0.272. The molecule has 2 amide bonds. The van der Waals surface area contributed by atoms with Crippen LogP contribution in [0.2, 0.25) is 0 Å². The third kappa shape index (κ3) is 11.3. The van der Waals surface area contributed by atoms with Gasteiger partial charge in [0.1, 0.15) is 0 Å². The highest BCUT2D eigenvalue weighted by molar-refractivity contribution is 7.98. The van der Waals surface area contributed by atoms with Crippen molar-refractivity contribution in [3.63, 3.8) is 0 Å². The van der Waals surface area contributed by atoms with Crippen molar-refractivity contribution in [3.8, 4) is 0 Å². The van der Waals surface area contributed by atoms with Gasteiger partial charge in [-0.3, -0.25) is 19.2 Å². The summed E-state index contributed by atoms with van der Waals surface area (Å²) in [6, 6.07) is 10.3. The Balaban J connectivity index is 0.00000462. The molecule has 0 saturated heterocycles. The summed E-state index contributed by atoms with van der Waals surface area (Å²) in [5.74, 6) is 0.225. The van der Waals surface area contributed by atoms with Crippen LogP contribution in [0, 0.1) is 0 Å². The van der Waals surface area contributed by atoms with Crippen LogP contribution in [-0.4, -0.2) is 112 Å². The Morgan fingerprint density at radius 1 is 0.767 bits per heavy atom. The van der Waals surface area contributed by atoms with E-state index in [0.29, 0.717) is 65.0 Å². The van der Waals surface area contributed by atoms with E-state index in [0.717, 1.165) is 29.7 Å². The van der Waals surface area contributed by atoms with Gasteiger partial charge < -0.3 is 58.9 Å². The van der Waals surface area contributed by atoms with E-state index < -0.39 is 0 Å². The van der Waals surface area contributed by atoms with Crippen molar-refractivity contribution >= 4 is 46.5 Å². The van der Waals surface area contributed by atoms with Crippen molar-refractivity contribution in [2.75, 3.05) is 90.6 Å². The lowest BCUT2D eigenvalue weighted by molar-refractivity contribution is -0.882. The van der Waals surface area contributed by atoms with Crippen LogP contribution in [0.1, 0.15) is 51.1 Å². The molecule has 0 heterocycles. The number of ketones is 2. The van der Waals surface area contributed by atoms with Crippen molar-refractivity contribution < 1.29 is 62.1 Å². The normalized spacial score (nSPS) is 12.3. The molecule has 0 atom stereocenters. The monoisotopic (exact) mass is 741 g/mol. The number of carbonyl (C=O) groups is 4. The number of carbonyl (C=O) groups excluding carboxylic acids is 4. The highest BCUT2D eigenvalue weighted by Gasteiger charge is 2.34. The van der Waals surface area contributed by atoms with Gasteiger partial charge in [0.2, 0.25) is 5.91 Å². The number of hydrogen-bond acceptors (Lipinski definition) is 6. The number of rotatable bonds is 15. The topological polar surface area (TPSA) is 104 Å². The summed E-state index contributed by atoms with van der Waals surface area (Å²) in [5, 5.41) is 9.21. The molecule has 0 saturated carbocycles. The molecule has 12 heteroatoms. The third-order valence-corrected chi connectivity index (χ3v) is 7.65. The van der Waals surface area contributed by atoms with Crippen LogP contribution in [0.4, 0.5) is 11.4 Å². The molecule has 0 fully saturated rings. The van der Waals surface area contributed by atoms with E-state index in [9.17, 15) is 19.2 Å². The van der Waals surface area contributed by atoms with Gasteiger partial charge in [0.05, 0.1) is 65.1 Å². The summed E-state index contributed by atoms with van der Waals surface area (Å²) in [7, 11) is 10.3. The molecule has 1 aliphatic rings. The van der Waals surface area contributed by atoms with Gasteiger partial charge in [-0.15, -0.1) is 0 Å². The van der Waals surface area contributed by atoms with E-state index in [1.54, 1.807) is 48.2 Å². The molecule has 0 unspecified atom stereocenters. The first-order valence-corrected chi connectivity index (χ1v) is 15.5. The lowest BCUT2D eigenvalue weighted by Gasteiger charge is -2.29. The SMILES string of the molecule is CSCCNC(=O)C[N+](C)(C)CCCNc1ccc(NC(=O)CCC[N+](C)(C)C)c2c1C(=O)c1ccccc1C2=O.[Br-].[Br-]. The fourth-order valence-electron chi connectivity index (χ4n) is 4.95. The Hall–Kier alpha value is -2.25. The molecule has 238 valence electrons. The second kappa shape index (κ2) is 17.3.